The van der Waals surface area contributed by atoms with Gasteiger partial charge in [0.05, 0.1) is 26.4 Å². The first kappa shape index (κ1) is 26.6. The molecule has 2 saturated heterocycles. The van der Waals surface area contributed by atoms with Crippen LogP contribution in [0, 0.1) is 11.3 Å². The van der Waals surface area contributed by atoms with Crippen LogP contribution in [0.3, 0.4) is 0 Å². The molecule has 2 aliphatic rings. The number of ether oxygens (including phenoxy) is 2. The summed E-state index contributed by atoms with van der Waals surface area (Å²) in [5.74, 6) is -0.0940. The summed E-state index contributed by atoms with van der Waals surface area (Å²) in [5.41, 5.74) is 4.14. The van der Waals surface area contributed by atoms with Crippen LogP contribution in [-0.2, 0) is 9.47 Å². The fourth-order valence-electron chi connectivity index (χ4n) is 4.81. The van der Waals surface area contributed by atoms with Crippen molar-refractivity contribution in [2.45, 2.75) is 13.8 Å². The van der Waals surface area contributed by atoms with Crippen LogP contribution >= 0.6 is 0 Å². The van der Waals surface area contributed by atoms with E-state index in [0.29, 0.717) is 54.8 Å². The number of hydrogen-bond donors (Lipinski definition) is 3. The first-order valence-electron chi connectivity index (χ1n) is 13.3. The molecule has 0 unspecified atom stereocenters. The second-order valence-corrected chi connectivity index (χ2v) is 9.93. The van der Waals surface area contributed by atoms with Crippen molar-refractivity contribution in [2.75, 3.05) is 67.7 Å². The van der Waals surface area contributed by atoms with Crippen LogP contribution in [0.1, 0.15) is 29.9 Å². The second-order valence-electron chi connectivity index (χ2n) is 9.93. The van der Waals surface area contributed by atoms with E-state index in [1.807, 2.05) is 50.2 Å². The van der Waals surface area contributed by atoms with Crippen LogP contribution in [0.4, 0.5) is 23.0 Å². The molecule has 4 heterocycles. The number of carboxylic acids is 1. The van der Waals surface area contributed by atoms with E-state index in [2.05, 4.69) is 25.1 Å². The SMILES string of the molecule is CC(C)C(=N)c1c(-c2ccc(N3CCOCC3)cc2)cc(C(=O)O)nc1Nc1ccnc(N2CCOCC2)c1. The van der Waals surface area contributed by atoms with Gasteiger partial charge in [0.2, 0.25) is 0 Å². The molecule has 10 nitrogen and oxygen atoms in total. The highest BCUT2D eigenvalue weighted by Gasteiger charge is 2.23. The third kappa shape index (κ3) is 6.02. The number of rotatable bonds is 8. The Morgan fingerprint density at radius 2 is 1.62 bits per heavy atom. The molecular formula is C29H34N6O4. The number of aromatic nitrogens is 2. The van der Waals surface area contributed by atoms with Gasteiger partial charge in [0.1, 0.15) is 11.6 Å². The normalized spacial score (nSPS) is 15.9. The first-order chi connectivity index (χ1) is 18.9. The van der Waals surface area contributed by atoms with E-state index in [1.54, 1.807) is 12.3 Å². The van der Waals surface area contributed by atoms with Gasteiger partial charge in [-0.15, -0.1) is 0 Å². The Morgan fingerprint density at radius 1 is 0.974 bits per heavy atom. The molecule has 1 aromatic carbocycles. The van der Waals surface area contributed by atoms with Gasteiger partial charge in [-0.2, -0.15) is 0 Å². The molecule has 204 valence electrons. The van der Waals surface area contributed by atoms with Gasteiger partial charge in [-0.3, -0.25) is 0 Å². The maximum atomic E-state index is 12.1. The average Bonchev–Trinajstić information content (AvgIpc) is 2.97. The number of aromatic carboxylic acids is 1. The number of hydrogen-bond acceptors (Lipinski definition) is 9. The standard InChI is InChI=1S/C29H34N6O4/c1-19(2)27(30)26-23(20-3-5-22(6-4-20)34-9-13-38-14-10-34)18-24(29(36)37)33-28(26)32-21-7-8-31-25(17-21)35-11-15-39-16-12-35/h3-8,17-19,30H,9-16H2,1-2H3,(H,36,37)(H,31,32,33). The van der Waals surface area contributed by atoms with Gasteiger partial charge in [0.25, 0.3) is 0 Å². The third-order valence-corrected chi connectivity index (χ3v) is 6.98. The molecule has 0 atom stereocenters. The van der Waals surface area contributed by atoms with Crippen molar-refractivity contribution in [1.82, 2.24) is 9.97 Å². The maximum Gasteiger partial charge on any atom is 0.354 e. The van der Waals surface area contributed by atoms with Crippen molar-refractivity contribution in [3.8, 4) is 11.1 Å². The molecule has 0 spiro atoms. The summed E-state index contributed by atoms with van der Waals surface area (Å²) in [6.45, 7) is 9.73. The highest BCUT2D eigenvalue weighted by molar-refractivity contribution is 6.10. The lowest BCUT2D eigenvalue weighted by Gasteiger charge is -2.29. The van der Waals surface area contributed by atoms with Crippen molar-refractivity contribution in [3.05, 3.63) is 59.9 Å². The summed E-state index contributed by atoms with van der Waals surface area (Å²) in [6.07, 6.45) is 1.72. The highest BCUT2D eigenvalue weighted by Crippen LogP contribution is 2.34. The van der Waals surface area contributed by atoms with Gasteiger partial charge in [0, 0.05) is 61.1 Å². The number of benzene rings is 1. The number of nitrogens with zero attached hydrogens (tertiary/aromatic N) is 4. The van der Waals surface area contributed by atoms with Gasteiger partial charge < -0.3 is 35.1 Å². The van der Waals surface area contributed by atoms with Gasteiger partial charge in [-0.25, -0.2) is 14.8 Å². The fourth-order valence-corrected chi connectivity index (χ4v) is 4.81. The first-order valence-corrected chi connectivity index (χ1v) is 13.3. The monoisotopic (exact) mass is 530 g/mol. The molecule has 3 aromatic rings. The van der Waals surface area contributed by atoms with Gasteiger partial charge in [0.15, 0.2) is 5.69 Å². The molecule has 10 heteroatoms. The van der Waals surface area contributed by atoms with E-state index < -0.39 is 5.97 Å². The summed E-state index contributed by atoms with van der Waals surface area (Å²) >= 11 is 0. The van der Waals surface area contributed by atoms with Crippen LogP contribution in [-0.4, -0.2) is 79.4 Å². The minimum absolute atomic E-state index is 0.0903. The number of morpholine rings is 2. The summed E-state index contributed by atoms with van der Waals surface area (Å²) in [4.78, 5) is 25.5. The summed E-state index contributed by atoms with van der Waals surface area (Å²) < 4.78 is 10.9. The topological polar surface area (TPSA) is 124 Å². The van der Waals surface area contributed by atoms with E-state index in [1.165, 1.54) is 0 Å². The fraction of sp³-hybridized carbons (Fsp3) is 0.379. The molecule has 5 rings (SSSR count). The molecular weight excluding hydrogens is 496 g/mol. The molecule has 3 N–H and O–H groups in total. The van der Waals surface area contributed by atoms with Crippen molar-refractivity contribution < 1.29 is 19.4 Å². The van der Waals surface area contributed by atoms with Crippen molar-refractivity contribution in [1.29, 1.82) is 5.41 Å². The summed E-state index contributed by atoms with van der Waals surface area (Å²) in [6, 6.07) is 13.3. The predicted octanol–water partition coefficient (Wildman–Crippen LogP) is 4.28. The van der Waals surface area contributed by atoms with E-state index in [4.69, 9.17) is 14.9 Å². The molecule has 0 amide bonds. The quantitative estimate of drug-likeness (QED) is 0.366. The molecule has 0 radical (unpaired) electrons. The zero-order valence-corrected chi connectivity index (χ0v) is 22.3. The van der Waals surface area contributed by atoms with Crippen LogP contribution in [0.5, 0.6) is 0 Å². The van der Waals surface area contributed by atoms with E-state index in [9.17, 15) is 9.90 Å². The molecule has 2 fully saturated rings. The van der Waals surface area contributed by atoms with Crippen LogP contribution in [0.2, 0.25) is 0 Å². The molecule has 2 aliphatic heterocycles. The van der Waals surface area contributed by atoms with Crippen molar-refractivity contribution in [3.63, 3.8) is 0 Å². The Hall–Kier alpha value is -4.02. The number of pyridine rings is 2. The lowest BCUT2D eigenvalue weighted by Crippen LogP contribution is -2.36. The number of carbonyl (C=O) groups is 1. The Bertz CT molecular complexity index is 1330. The molecule has 0 saturated carbocycles. The van der Waals surface area contributed by atoms with Gasteiger partial charge in [-0.1, -0.05) is 26.0 Å². The largest absolute Gasteiger partial charge is 0.477 e. The molecule has 0 aliphatic carbocycles. The van der Waals surface area contributed by atoms with Crippen molar-refractivity contribution >= 4 is 34.7 Å². The Morgan fingerprint density at radius 3 is 2.23 bits per heavy atom. The predicted molar refractivity (Wildman–Crippen MR) is 152 cm³/mol. The Labute approximate surface area is 228 Å². The number of nitrogens with one attached hydrogen (secondary N) is 2. The zero-order valence-electron chi connectivity index (χ0n) is 22.3. The van der Waals surface area contributed by atoms with Crippen LogP contribution in [0.15, 0.2) is 48.7 Å². The molecule has 39 heavy (non-hydrogen) atoms. The molecule has 0 bridgehead atoms. The Balaban J connectivity index is 1.56. The smallest absolute Gasteiger partial charge is 0.354 e. The number of carboxylic acid groups (broad SMARTS) is 1. The van der Waals surface area contributed by atoms with Crippen LogP contribution < -0.4 is 15.1 Å². The summed E-state index contributed by atoms with van der Waals surface area (Å²) in [7, 11) is 0. The zero-order chi connectivity index (χ0) is 27.4. The minimum Gasteiger partial charge on any atom is -0.477 e. The maximum absolute atomic E-state index is 12.1. The lowest BCUT2D eigenvalue weighted by molar-refractivity contribution is 0.0690. The average molecular weight is 531 g/mol. The van der Waals surface area contributed by atoms with Crippen molar-refractivity contribution in [2.24, 2.45) is 5.92 Å². The van der Waals surface area contributed by atoms with E-state index >= 15 is 0 Å². The van der Waals surface area contributed by atoms with E-state index in [-0.39, 0.29) is 11.6 Å². The third-order valence-electron chi connectivity index (χ3n) is 6.98. The van der Waals surface area contributed by atoms with Gasteiger partial charge >= 0.3 is 5.97 Å². The second kappa shape index (κ2) is 11.8. The summed E-state index contributed by atoms with van der Waals surface area (Å²) in [5, 5.41) is 22.2. The molecule has 2 aromatic heterocycles. The van der Waals surface area contributed by atoms with Crippen LogP contribution in [0.25, 0.3) is 11.1 Å². The van der Waals surface area contributed by atoms with E-state index in [0.717, 1.165) is 43.2 Å². The Kier molecular flexibility index (Phi) is 8.04. The highest BCUT2D eigenvalue weighted by atomic mass is 16.5. The lowest BCUT2D eigenvalue weighted by atomic mass is 9.91. The van der Waals surface area contributed by atoms with Gasteiger partial charge in [-0.05, 0) is 41.3 Å². The number of anilines is 4. The minimum atomic E-state index is -1.13.